The van der Waals surface area contributed by atoms with Crippen LogP contribution in [-0.2, 0) is 27.1 Å². The molecule has 0 saturated carbocycles. The van der Waals surface area contributed by atoms with Crippen LogP contribution in [0.15, 0.2) is 60.9 Å². The minimum Gasteiger partial charge on any atom is -0.396 e. The summed E-state index contributed by atoms with van der Waals surface area (Å²) in [5.74, 6) is 0.477. The van der Waals surface area contributed by atoms with E-state index in [-0.39, 0.29) is 19.1 Å². The lowest BCUT2D eigenvalue weighted by Gasteiger charge is -2.11. The summed E-state index contributed by atoms with van der Waals surface area (Å²) in [5.41, 5.74) is 3.29. The van der Waals surface area contributed by atoms with E-state index in [2.05, 4.69) is 28.2 Å². The molecule has 0 amide bonds. The lowest BCUT2D eigenvalue weighted by Crippen LogP contribution is -2.11. The van der Waals surface area contributed by atoms with Gasteiger partial charge in [-0.25, -0.2) is 9.97 Å². The van der Waals surface area contributed by atoms with Crippen molar-refractivity contribution < 1.29 is 17.7 Å². The second-order valence-corrected chi connectivity index (χ2v) is 11.8. The van der Waals surface area contributed by atoms with Gasteiger partial charge >= 0.3 is 0 Å². The third kappa shape index (κ3) is 9.10. The van der Waals surface area contributed by atoms with Gasteiger partial charge in [-0.2, -0.15) is 18.9 Å². The van der Waals surface area contributed by atoms with E-state index < -0.39 is 10.1 Å². The zero-order valence-corrected chi connectivity index (χ0v) is 23.9. The van der Waals surface area contributed by atoms with Crippen molar-refractivity contribution in [2.75, 3.05) is 19.5 Å². The number of nitrogens with zero attached hydrogens (tertiary/aromatic N) is 4. The quantitative estimate of drug-likeness (QED) is 0.258. The van der Waals surface area contributed by atoms with Gasteiger partial charge in [0.05, 0.1) is 12.9 Å². The standard InChI is InChI=1S/C16H18N2O3S.C15H16N2O/c1-12(11-21-22(2,19)20)3-4-13-5-6-15-14(9-13)7-8-18-16(15)10-17;1-11(10-18)2-3-12-4-5-14-13(8-12)6-7-17-15(14)9-16/h5-9,12H,3-4,11H2,1-2H3;4-8,11,18H,2-3,10H2,1H3/t12-;11-/m00/s1. The number of aromatic nitrogens is 2. The lowest BCUT2D eigenvalue weighted by atomic mass is 9.99. The van der Waals surface area contributed by atoms with E-state index in [1.165, 1.54) is 5.56 Å². The minimum atomic E-state index is -3.38. The molecule has 0 bridgehead atoms. The van der Waals surface area contributed by atoms with Crippen molar-refractivity contribution in [2.24, 2.45) is 11.8 Å². The van der Waals surface area contributed by atoms with E-state index in [9.17, 15) is 8.42 Å². The van der Waals surface area contributed by atoms with Crippen LogP contribution in [0, 0.1) is 34.5 Å². The SMILES string of the molecule is C[C@@H](CCc1ccc2c(C#N)nccc2c1)COS(C)(=O)=O.C[C@H](CO)CCc1ccc2c(C#N)nccc2c1. The predicted molar refractivity (Wildman–Crippen MR) is 156 cm³/mol. The number of benzene rings is 2. The molecule has 0 unspecified atom stereocenters. The Morgan fingerprint density at radius 2 is 1.30 bits per heavy atom. The maximum absolute atomic E-state index is 11.0. The Morgan fingerprint density at radius 1 is 0.825 bits per heavy atom. The highest BCUT2D eigenvalue weighted by atomic mass is 32.2. The number of nitriles is 2. The number of aryl methyl sites for hydroxylation is 2. The molecule has 8 nitrogen and oxygen atoms in total. The molecular formula is C31H34N4O4S. The fourth-order valence-corrected chi connectivity index (χ4v) is 4.66. The van der Waals surface area contributed by atoms with Gasteiger partial charge in [0, 0.05) is 29.8 Å². The van der Waals surface area contributed by atoms with Crippen molar-refractivity contribution in [3.63, 3.8) is 0 Å². The van der Waals surface area contributed by atoms with Crippen molar-refractivity contribution in [1.82, 2.24) is 9.97 Å². The summed E-state index contributed by atoms with van der Waals surface area (Å²) in [6, 6.07) is 20.0. The van der Waals surface area contributed by atoms with Crippen LogP contribution < -0.4 is 0 Å². The predicted octanol–water partition coefficient (Wildman–Crippen LogP) is 5.32. The summed E-state index contributed by atoms with van der Waals surface area (Å²) in [6.07, 6.45) is 7.93. The molecule has 4 aromatic rings. The van der Waals surface area contributed by atoms with E-state index in [4.69, 9.17) is 19.8 Å². The van der Waals surface area contributed by atoms with Crippen molar-refractivity contribution in [3.8, 4) is 12.1 Å². The summed E-state index contributed by atoms with van der Waals surface area (Å²) < 4.78 is 26.7. The van der Waals surface area contributed by atoms with Crippen LogP contribution in [0.5, 0.6) is 0 Å². The van der Waals surface area contributed by atoms with Crippen LogP contribution in [0.1, 0.15) is 49.2 Å². The van der Waals surface area contributed by atoms with Gasteiger partial charge in [0.2, 0.25) is 0 Å². The van der Waals surface area contributed by atoms with Crippen LogP contribution in [0.25, 0.3) is 21.5 Å². The molecule has 208 valence electrons. The van der Waals surface area contributed by atoms with Crippen LogP contribution in [0.4, 0.5) is 0 Å². The third-order valence-corrected chi connectivity index (χ3v) is 7.16. The molecule has 2 heterocycles. The van der Waals surface area contributed by atoms with Gasteiger partial charge in [-0.15, -0.1) is 0 Å². The molecule has 0 saturated heterocycles. The molecule has 9 heteroatoms. The van der Waals surface area contributed by atoms with Gasteiger partial charge in [0.15, 0.2) is 0 Å². The second-order valence-electron chi connectivity index (χ2n) is 10.1. The summed E-state index contributed by atoms with van der Waals surface area (Å²) >= 11 is 0. The van der Waals surface area contributed by atoms with Gasteiger partial charge < -0.3 is 5.11 Å². The molecule has 40 heavy (non-hydrogen) atoms. The monoisotopic (exact) mass is 558 g/mol. The molecule has 1 N–H and O–H groups in total. The van der Waals surface area contributed by atoms with Crippen LogP contribution in [0.3, 0.4) is 0 Å². The number of hydrogen-bond donors (Lipinski definition) is 1. The molecular weight excluding hydrogens is 524 g/mol. The molecule has 0 fully saturated rings. The molecule has 0 spiro atoms. The summed E-state index contributed by atoms with van der Waals surface area (Å²) in [5, 5.41) is 30.8. The van der Waals surface area contributed by atoms with E-state index in [1.54, 1.807) is 12.4 Å². The van der Waals surface area contributed by atoms with Gasteiger partial charge in [0.1, 0.15) is 23.5 Å². The highest BCUT2D eigenvalue weighted by molar-refractivity contribution is 7.85. The molecule has 4 rings (SSSR count). The van der Waals surface area contributed by atoms with Gasteiger partial charge in [-0.1, -0.05) is 50.2 Å². The molecule has 2 aromatic heterocycles. The summed E-state index contributed by atoms with van der Waals surface area (Å²) in [7, 11) is -3.38. The fraction of sp³-hybridized carbons (Fsp3) is 0.355. The Kier molecular flexibility index (Phi) is 11.1. The first-order chi connectivity index (χ1) is 19.1. The van der Waals surface area contributed by atoms with Gasteiger partial charge in [0.25, 0.3) is 10.1 Å². The van der Waals surface area contributed by atoms with Crippen molar-refractivity contribution in [1.29, 1.82) is 10.5 Å². The fourth-order valence-electron chi connectivity index (χ4n) is 4.18. The average molecular weight is 559 g/mol. The van der Waals surface area contributed by atoms with E-state index in [0.717, 1.165) is 59.0 Å². The van der Waals surface area contributed by atoms with E-state index >= 15 is 0 Å². The molecule has 0 radical (unpaired) electrons. The number of rotatable bonds is 10. The summed E-state index contributed by atoms with van der Waals surface area (Å²) in [4.78, 5) is 8.09. The van der Waals surface area contributed by atoms with Crippen molar-refractivity contribution in [2.45, 2.75) is 39.5 Å². The molecule has 0 aliphatic heterocycles. The first kappa shape index (κ1) is 30.6. The molecule has 2 atom stereocenters. The number of hydrogen-bond acceptors (Lipinski definition) is 8. The number of fused-ring (bicyclic) bond motifs is 2. The van der Waals surface area contributed by atoms with Crippen LogP contribution >= 0.6 is 0 Å². The normalized spacial score (nSPS) is 12.7. The Morgan fingerprint density at radius 3 is 1.73 bits per heavy atom. The van der Waals surface area contributed by atoms with Crippen molar-refractivity contribution >= 4 is 31.7 Å². The average Bonchev–Trinajstić information content (AvgIpc) is 2.96. The maximum Gasteiger partial charge on any atom is 0.264 e. The molecule has 0 aliphatic carbocycles. The Hall–Kier alpha value is -3.89. The minimum absolute atomic E-state index is 0.150. The zero-order valence-electron chi connectivity index (χ0n) is 23.0. The van der Waals surface area contributed by atoms with Crippen LogP contribution in [-0.4, -0.2) is 43.0 Å². The number of aliphatic hydroxyl groups excluding tert-OH is 1. The second kappa shape index (κ2) is 14.5. The van der Waals surface area contributed by atoms with Gasteiger partial charge in [-0.05, 0) is 71.6 Å². The Balaban J connectivity index is 0.000000225. The lowest BCUT2D eigenvalue weighted by molar-refractivity contribution is 0.230. The highest BCUT2D eigenvalue weighted by Gasteiger charge is 2.09. The third-order valence-electron chi connectivity index (χ3n) is 6.60. The first-order valence-electron chi connectivity index (χ1n) is 13.1. The topological polar surface area (TPSA) is 137 Å². The van der Waals surface area contributed by atoms with E-state index in [1.807, 2.05) is 56.3 Å². The Bertz CT molecular complexity index is 1640. The largest absolute Gasteiger partial charge is 0.396 e. The van der Waals surface area contributed by atoms with E-state index in [0.29, 0.717) is 17.3 Å². The molecule has 2 aromatic carbocycles. The van der Waals surface area contributed by atoms with Crippen LogP contribution in [0.2, 0.25) is 0 Å². The maximum atomic E-state index is 11.0. The summed E-state index contributed by atoms with van der Waals surface area (Å²) in [6.45, 7) is 4.44. The number of aliphatic hydroxyl groups is 1. The first-order valence-corrected chi connectivity index (χ1v) is 15.0. The highest BCUT2D eigenvalue weighted by Crippen LogP contribution is 2.21. The number of pyridine rings is 2. The van der Waals surface area contributed by atoms with Gasteiger partial charge in [-0.3, -0.25) is 4.18 Å². The van der Waals surface area contributed by atoms with Crippen molar-refractivity contribution in [3.05, 3.63) is 83.4 Å². The smallest absolute Gasteiger partial charge is 0.264 e. The molecule has 0 aliphatic rings. The zero-order chi connectivity index (χ0) is 29.1. The Labute approximate surface area is 236 Å².